The number of likely N-dealkylation sites (tertiary alicyclic amines) is 2. The Kier molecular flexibility index (Phi) is 9.97. The van der Waals surface area contributed by atoms with Crippen molar-refractivity contribution in [3.8, 4) is 0 Å². The van der Waals surface area contributed by atoms with Crippen LogP contribution in [0.4, 0.5) is 14.9 Å². The molecule has 5 fully saturated rings. The Morgan fingerprint density at radius 2 is 1.78 bits per heavy atom. The third-order valence-electron chi connectivity index (χ3n) is 12.1. The van der Waals surface area contributed by atoms with Gasteiger partial charge in [0.25, 0.3) is 0 Å². The van der Waals surface area contributed by atoms with Crippen LogP contribution in [0.2, 0.25) is 0 Å². The minimum absolute atomic E-state index is 0.0393. The Balaban J connectivity index is 1.03. The van der Waals surface area contributed by atoms with Crippen LogP contribution in [0, 0.1) is 17.7 Å². The lowest BCUT2D eigenvalue weighted by Gasteiger charge is -2.55. The predicted molar refractivity (Wildman–Crippen MR) is 185 cm³/mol. The third-order valence-corrected chi connectivity index (χ3v) is 14.3. The molecule has 0 bridgehead atoms. The van der Waals surface area contributed by atoms with Gasteiger partial charge in [0.15, 0.2) is 9.84 Å². The van der Waals surface area contributed by atoms with E-state index in [0.29, 0.717) is 37.6 Å². The summed E-state index contributed by atoms with van der Waals surface area (Å²) in [5, 5.41) is 14.2. The summed E-state index contributed by atoms with van der Waals surface area (Å²) >= 11 is 0. The topological polar surface area (TPSA) is 112 Å². The van der Waals surface area contributed by atoms with E-state index in [1.165, 1.54) is 19.6 Å². The smallest absolute Gasteiger partial charge is 0.407 e. The van der Waals surface area contributed by atoms with Crippen molar-refractivity contribution in [2.75, 3.05) is 77.6 Å². The van der Waals surface area contributed by atoms with Crippen LogP contribution in [0.5, 0.6) is 0 Å². The SMILES string of the molecule is COC(=O)N[C@H]1CCC[C@@H]1[C@](CN1CCC1)(c1cccc(F)c1)C1CCN(CC2(O)CN(c3ccc(S(=O)(=O)C4CCOC4)cc3)C2)CC1. The minimum Gasteiger partial charge on any atom is -0.453 e. The summed E-state index contributed by atoms with van der Waals surface area (Å²) in [5.41, 5.74) is 0.759. The van der Waals surface area contributed by atoms with Gasteiger partial charge in [-0.2, -0.15) is 0 Å². The number of ether oxygens (including phenoxy) is 2. The van der Waals surface area contributed by atoms with Crippen LogP contribution in [-0.4, -0.2) is 119 Å². The molecule has 2 aromatic rings. The molecule has 0 spiro atoms. The van der Waals surface area contributed by atoms with Crippen molar-refractivity contribution in [2.24, 2.45) is 11.8 Å². The monoisotopic (exact) mass is 698 g/mol. The van der Waals surface area contributed by atoms with Gasteiger partial charge in [-0.3, -0.25) is 0 Å². The van der Waals surface area contributed by atoms with Crippen LogP contribution in [0.1, 0.15) is 50.5 Å². The molecule has 1 saturated carbocycles. The van der Waals surface area contributed by atoms with Crippen molar-refractivity contribution in [1.82, 2.24) is 15.1 Å². The first-order chi connectivity index (χ1) is 23.6. The van der Waals surface area contributed by atoms with Gasteiger partial charge in [0.2, 0.25) is 0 Å². The lowest BCUT2D eigenvalue weighted by Crippen LogP contribution is -2.67. The second-order valence-corrected chi connectivity index (χ2v) is 17.3. The standard InChI is InChI=1S/C37H51FN4O6S/c1-47-35(43)39-34-8-3-7-33(34)37(26-40-16-4-17-40,28-5-2-6-29(38)21-28)27-13-18-41(19-14-27)23-36(44)24-42(25-36)30-9-11-31(12-10-30)49(45,46)32-15-20-48-22-32/h2,5-6,9-12,21,27,32-34,44H,3-4,7-8,13-20,22-26H2,1H3,(H,39,43)/t32?,33-,34-,37-/m0/s1. The normalized spacial score (nSPS) is 27.7. The highest BCUT2D eigenvalue weighted by Gasteiger charge is 2.53. The number of halogens is 1. The molecule has 1 amide bonds. The average molecular weight is 699 g/mol. The summed E-state index contributed by atoms with van der Waals surface area (Å²) in [4.78, 5) is 19.7. The predicted octanol–water partition coefficient (Wildman–Crippen LogP) is 3.82. The number of anilines is 1. The molecule has 1 aliphatic carbocycles. The quantitative estimate of drug-likeness (QED) is 0.362. The number of hydrogen-bond acceptors (Lipinski definition) is 9. The van der Waals surface area contributed by atoms with E-state index in [1.807, 2.05) is 18.2 Å². The fourth-order valence-electron chi connectivity index (χ4n) is 9.50. The molecule has 5 aliphatic rings. The van der Waals surface area contributed by atoms with E-state index in [-0.39, 0.29) is 35.7 Å². The molecule has 4 atom stereocenters. The maximum Gasteiger partial charge on any atom is 0.407 e. The first kappa shape index (κ1) is 34.7. The lowest BCUT2D eigenvalue weighted by molar-refractivity contribution is -0.0362. The second-order valence-electron chi connectivity index (χ2n) is 15.1. The highest BCUT2D eigenvalue weighted by atomic mass is 32.2. The number of alkyl carbamates (subject to hydrolysis) is 1. The minimum atomic E-state index is -3.41. The van der Waals surface area contributed by atoms with E-state index < -0.39 is 26.8 Å². The molecule has 49 heavy (non-hydrogen) atoms. The molecule has 268 valence electrons. The number of carbonyl (C=O) groups is 1. The number of benzene rings is 2. The van der Waals surface area contributed by atoms with Gasteiger partial charge in [-0.25, -0.2) is 17.6 Å². The molecule has 0 radical (unpaired) electrons. The molecular formula is C37H51FN4O6S. The van der Waals surface area contributed by atoms with Crippen molar-refractivity contribution >= 4 is 21.6 Å². The summed E-state index contributed by atoms with van der Waals surface area (Å²) < 4.78 is 51.2. The fourth-order valence-corrected chi connectivity index (χ4v) is 11.1. The van der Waals surface area contributed by atoms with Gasteiger partial charge < -0.3 is 34.6 Å². The first-order valence-corrected chi connectivity index (χ1v) is 19.6. The number of nitrogens with one attached hydrogen (secondary N) is 1. The van der Waals surface area contributed by atoms with Crippen LogP contribution in [-0.2, 0) is 24.7 Å². The van der Waals surface area contributed by atoms with Crippen molar-refractivity contribution in [3.05, 3.63) is 59.9 Å². The molecule has 4 heterocycles. The molecule has 4 saturated heterocycles. The van der Waals surface area contributed by atoms with Gasteiger partial charge >= 0.3 is 6.09 Å². The number of sulfone groups is 1. The van der Waals surface area contributed by atoms with Crippen molar-refractivity contribution in [1.29, 1.82) is 0 Å². The van der Waals surface area contributed by atoms with Crippen molar-refractivity contribution in [3.63, 3.8) is 0 Å². The van der Waals surface area contributed by atoms with Crippen LogP contribution in [0.3, 0.4) is 0 Å². The highest BCUT2D eigenvalue weighted by molar-refractivity contribution is 7.92. The Morgan fingerprint density at radius 1 is 1.02 bits per heavy atom. The van der Waals surface area contributed by atoms with Crippen molar-refractivity contribution in [2.45, 2.75) is 72.1 Å². The number of nitrogens with zero attached hydrogens (tertiary/aromatic N) is 3. The van der Waals surface area contributed by atoms with E-state index in [4.69, 9.17) is 9.47 Å². The van der Waals surface area contributed by atoms with E-state index in [0.717, 1.165) is 76.1 Å². The van der Waals surface area contributed by atoms with Gasteiger partial charge in [0.1, 0.15) is 11.4 Å². The molecular weight excluding hydrogens is 647 g/mol. The molecule has 4 aliphatic heterocycles. The number of piperidine rings is 1. The van der Waals surface area contributed by atoms with Crippen LogP contribution < -0.4 is 10.2 Å². The van der Waals surface area contributed by atoms with Crippen LogP contribution >= 0.6 is 0 Å². The Labute approximate surface area is 289 Å². The highest BCUT2D eigenvalue weighted by Crippen LogP contribution is 2.51. The van der Waals surface area contributed by atoms with E-state index in [1.54, 1.807) is 18.2 Å². The maximum absolute atomic E-state index is 15.0. The number of carbonyl (C=O) groups excluding carboxylic acids is 1. The number of hydrogen-bond donors (Lipinski definition) is 2. The zero-order valence-corrected chi connectivity index (χ0v) is 29.4. The van der Waals surface area contributed by atoms with Crippen molar-refractivity contribution < 1.29 is 32.2 Å². The summed E-state index contributed by atoms with van der Waals surface area (Å²) in [6.45, 7) is 6.86. The maximum atomic E-state index is 15.0. The molecule has 0 aromatic heterocycles. The van der Waals surface area contributed by atoms with Crippen LogP contribution in [0.25, 0.3) is 0 Å². The van der Waals surface area contributed by atoms with Gasteiger partial charge in [0.05, 0.1) is 23.9 Å². The molecule has 7 rings (SSSR count). The summed E-state index contributed by atoms with van der Waals surface area (Å²) in [6, 6.07) is 14.2. The number of methoxy groups -OCH3 is 1. The van der Waals surface area contributed by atoms with Gasteiger partial charge in [-0.15, -0.1) is 0 Å². The largest absolute Gasteiger partial charge is 0.453 e. The summed E-state index contributed by atoms with van der Waals surface area (Å²) in [5.74, 6) is 0.215. The zero-order chi connectivity index (χ0) is 34.2. The molecule has 1 unspecified atom stereocenters. The fraction of sp³-hybridized carbons (Fsp3) is 0.649. The van der Waals surface area contributed by atoms with Gasteiger partial charge in [0, 0.05) is 49.9 Å². The lowest BCUT2D eigenvalue weighted by atomic mass is 9.57. The molecule has 2 aromatic carbocycles. The van der Waals surface area contributed by atoms with Gasteiger partial charge in [-0.05, 0) is 119 Å². The number of amides is 1. The van der Waals surface area contributed by atoms with Gasteiger partial charge in [-0.1, -0.05) is 18.6 Å². The summed E-state index contributed by atoms with van der Waals surface area (Å²) in [6.07, 6.45) is 5.99. The second kappa shape index (κ2) is 14.1. The molecule has 2 N–H and O–H groups in total. The molecule has 12 heteroatoms. The zero-order valence-electron chi connectivity index (χ0n) is 28.6. The Hall–Kier alpha value is -2.77. The van der Waals surface area contributed by atoms with E-state index in [2.05, 4.69) is 26.1 Å². The average Bonchev–Trinajstić information content (AvgIpc) is 3.78. The third kappa shape index (κ3) is 6.96. The number of rotatable bonds is 11. The Bertz CT molecular complexity index is 1570. The first-order valence-electron chi connectivity index (χ1n) is 18.0. The van der Waals surface area contributed by atoms with E-state index >= 15 is 0 Å². The molecule has 10 nitrogen and oxygen atoms in total. The number of β-amino-alcohol motifs (C(OH)–C–C–N with tert-alkyl or cyclic N) is 1. The van der Waals surface area contributed by atoms with E-state index in [9.17, 15) is 22.7 Å². The van der Waals surface area contributed by atoms with Crippen LogP contribution in [0.15, 0.2) is 53.4 Å². The number of aliphatic hydroxyl groups is 1. The summed E-state index contributed by atoms with van der Waals surface area (Å²) in [7, 11) is -2.01. The Morgan fingerprint density at radius 3 is 2.41 bits per heavy atom.